The second-order valence-corrected chi connectivity index (χ2v) is 6.96. The number of hydrogen-bond acceptors (Lipinski definition) is 6. The zero-order valence-corrected chi connectivity index (χ0v) is 16.2. The zero-order valence-electron chi connectivity index (χ0n) is 16.2. The van der Waals surface area contributed by atoms with Crippen LogP contribution >= 0.6 is 0 Å². The molecule has 4 rings (SSSR count). The largest absolute Gasteiger partial charge is 0.458 e. The van der Waals surface area contributed by atoms with Crippen LogP contribution in [0.4, 0.5) is 8.78 Å². The van der Waals surface area contributed by atoms with E-state index in [2.05, 4.69) is 19.9 Å². The number of halogens is 2. The van der Waals surface area contributed by atoms with Crippen molar-refractivity contribution in [3.63, 3.8) is 0 Å². The number of nitrogens with zero attached hydrogens (tertiary/aromatic N) is 5. The third kappa shape index (κ3) is 3.96. The highest BCUT2D eigenvalue weighted by Crippen LogP contribution is 2.28. The lowest BCUT2D eigenvalue weighted by molar-refractivity contribution is 0.0245. The van der Waals surface area contributed by atoms with Crippen molar-refractivity contribution in [2.45, 2.75) is 31.9 Å². The van der Waals surface area contributed by atoms with Crippen molar-refractivity contribution in [1.82, 2.24) is 24.8 Å². The smallest absolute Gasteiger partial charge is 0.316 e. The molecular weight excluding hydrogens is 392 g/mol. The number of piperidine rings is 1. The van der Waals surface area contributed by atoms with Gasteiger partial charge in [0.05, 0.1) is 24.0 Å². The molecule has 1 aromatic carbocycles. The minimum absolute atomic E-state index is 0.0341. The summed E-state index contributed by atoms with van der Waals surface area (Å²) in [6, 6.07) is 5.71. The molecular formula is C21H19F2N5O2. The van der Waals surface area contributed by atoms with Crippen LogP contribution in [0, 0.1) is 11.6 Å². The average molecular weight is 411 g/mol. The molecule has 0 bridgehead atoms. The van der Waals surface area contributed by atoms with Crippen LogP contribution in [0.15, 0.2) is 49.1 Å². The highest BCUT2D eigenvalue weighted by Gasteiger charge is 2.35. The van der Waals surface area contributed by atoms with Gasteiger partial charge in [0.1, 0.15) is 11.9 Å². The van der Waals surface area contributed by atoms with Gasteiger partial charge >= 0.3 is 6.01 Å². The van der Waals surface area contributed by atoms with Crippen molar-refractivity contribution >= 4 is 5.91 Å². The highest BCUT2D eigenvalue weighted by molar-refractivity contribution is 6.00. The maximum atomic E-state index is 14.8. The van der Waals surface area contributed by atoms with Crippen LogP contribution in [0.1, 0.15) is 30.1 Å². The van der Waals surface area contributed by atoms with Crippen LogP contribution in [0.5, 0.6) is 6.01 Å². The summed E-state index contributed by atoms with van der Waals surface area (Å²) in [7, 11) is 0. The van der Waals surface area contributed by atoms with Gasteiger partial charge in [-0.05, 0) is 31.9 Å². The standard InChI is InChI=1S/C21H19F2N5O2/c1-13-17(30-21-26-11-14(22)12-27-21)7-3-10-28(13)20(29)18-15(5-2-6-16(18)23)19-24-8-4-9-25-19/h2,4-6,8-9,11-13,17H,3,7,10H2,1H3. The summed E-state index contributed by atoms with van der Waals surface area (Å²) in [4.78, 5) is 30.9. The van der Waals surface area contributed by atoms with E-state index in [4.69, 9.17) is 4.74 Å². The molecule has 0 spiro atoms. The van der Waals surface area contributed by atoms with Crippen molar-refractivity contribution in [2.24, 2.45) is 0 Å². The molecule has 0 N–H and O–H groups in total. The molecule has 2 aromatic heterocycles. The van der Waals surface area contributed by atoms with Crippen molar-refractivity contribution < 1.29 is 18.3 Å². The summed E-state index contributed by atoms with van der Waals surface area (Å²) in [6.07, 6.45) is 6.03. The van der Waals surface area contributed by atoms with Crippen LogP contribution in [0.25, 0.3) is 11.4 Å². The van der Waals surface area contributed by atoms with Gasteiger partial charge in [-0.15, -0.1) is 0 Å². The first-order valence-corrected chi connectivity index (χ1v) is 9.55. The molecule has 30 heavy (non-hydrogen) atoms. The fourth-order valence-corrected chi connectivity index (χ4v) is 3.56. The predicted octanol–water partition coefficient (Wildman–Crippen LogP) is 3.28. The molecule has 154 valence electrons. The fourth-order valence-electron chi connectivity index (χ4n) is 3.56. The summed E-state index contributed by atoms with van der Waals surface area (Å²) in [5.74, 6) is -1.39. The van der Waals surface area contributed by atoms with Crippen molar-refractivity contribution in [1.29, 1.82) is 0 Å². The number of carbonyl (C=O) groups is 1. The second-order valence-electron chi connectivity index (χ2n) is 6.96. The summed E-state index contributed by atoms with van der Waals surface area (Å²) in [5.41, 5.74) is 0.256. The monoisotopic (exact) mass is 411 g/mol. The molecule has 0 radical (unpaired) electrons. The molecule has 3 heterocycles. The van der Waals surface area contributed by atoms with E-state index in [1.807, 2.05) is 6.92 Å². The number of carbonyl (C=O) groups excluding carboxylic acids is 1. The molecule has 1 saturated heterocycles. The Labute approximate surface area is 171 Å². The van der Waals surface area contributed by atoms with Gasteiger partial charge in [0, 0.05) is 24.5 Å². The Kier molecular flexibility index (Phi) is 5.60. The van der Waals surface area contributed by atoms with Gasteiger partial charge in [0.25, 0.3) is 5.91 Å². The number of hydrogen-bond donors (Lipinski definition) is 0. The quantitative estimate of drug-likeness (QED) is 0.655. The number of rotatable bonds is 4. The minimum Gasteiger partial charge on any atom is -0.458 e. The van der Waals surface area contributed by atoms with E-state index >= 15 is 0 Å². The SMILES string of the molecule is CC1C(Oc2ncc(F)cn2)CCCN1C(=O)c1c(F)cccc1-c1ncccn1. The first-order valence-electron chi connectivity index (χ1n) is 9.55. The second kappa shape index (κ2) is 8.48. The van der Waals surface area contributed by atoms with Gasteiger partial charge in [0.15, 0.2) is 11.6 Å². The lowest BCUT2D eigenvalue weighted by atomic mass is 9.97. The van der Waals surface area contributed by atoms with E-state index in [-0.39, 0.29) is 23.4 Å². The molecule has 3 aromatic rings. The first-order chi connectivity index (χ1) is 14.5. The summed E-state index contributed by atoms with van der Waals surface area (Å²) in [5, 5.41) is 0. The third-order valence-electron chi connectivity index (χ3n) is 5.07. The predicted molar refractivity (Wildman–Crippen MR) is 104 cm³/mol. The van der Waals surface area contributed by atoms with Crippen LogP contribution in [-0.2, 0) is 0 Å². The molecule has 1 amide bonds. The molecule has 1 aliphatic rings. The fraction of sp³-hybridized carbons (Fsp3) is 0.286. The van der Waals surface area contributed by atoms with E-state index < -0.39 is 23.6 Å². The van der Waals surface area contributed by atoms with Gasteiger partial charge in [-0.1, -0.05) is 12.1 Å². The molecule has 1 aliphatic heterocycles. The minimum atomic E-state index is -0.637. The lowest BCUT2D eigenvalue weighted by Gasteiger charge is -2.39. The Balaban J connectivity index is 1.61. The maximum Gasteiger partial charge on any atom is 0.316 e. The van der Waals surface area contributed by atoms with Crippen molar-refractivity contribution in [3.05, 3.63) is 66.3 Å². The number of aromatic nitrogens is 4. The van der Waals surface area contributed by atoms with Gasteiger partial charge in [-0.25, -0.2) is 28.7 Å². The van der Waals surface area contributed by atoms with E-state index in [9.17, 15) is 13.6 Å². The van der Waals surface area contributed by atoms with Gasteiger partial charge in [0.2, 0.25) is 0 Å². The molecule has 1 fully saturated rings. The number of ether oxygens (including phenoxy) is 1. The Hall–Kier alpha value is -3.49. The Bertz CT molecular complexity index is 1030. The van der Waals surface area contributed by atoms with Crippen LogP contribution in [-0.4, -0.2) is 49.4 Å². The van der Waals surface area contributed by atoms with Crippen molar-refractivity contribution in [2.75, 3.05) is 6.54 Å². The van der Waals surface area contributed by atoms with Gasteiger partial charge in [-0.2, -0.15) is 0 Å². The summed E-state index contributed by atoms with van der Waals surface area (Å²) in [6.45, 7) is 2.28. The summed E-state index contributed by atoms with van der Waals surface area (Å²) >= 11 is 0. The first kappa shape index (κ1) is 19.8. The highest BCUT2D eigenvalue weighted by atomic mass is 19.1. The Morgan fingerprint density at radius 3 is 2.57 bits per heavy atom. The number of likely N-dealkylation sites (tertiary alicyclic amines) is 1. The third-order valence-corrected chi connectivity index (χ3v) is 5.07. The Morgan fingerprint density at radius 2 is 1.83 bits per heavy atom. The normalized spacial score (nSPS) is 18.8. The van der Waals surface area contributed by atoms with Crippen LogP contribution in [0.3, 0.4) is 0 Å². The molecule has 2 atom stereocenters. The molecule has 2 unspecified atom stereocenters. The van der Waals surface area contributed by atoms with Crippen LogP contribution < -0.4 is 4.74 Å². The topological polar surface area (TPSA) is 81.1 Å². The van der Waals surface area contributed by atoms with E-state index in [0.29, 0.717) is 24.9 Å². The van der Waals surface area contributed by atoms with Gasteiger partial charge in [-0.3, -0.25) is 4.79 Å². The van der Waals surface area contributed by atoms with E-state index in [1.54, 1.807) is 17.0 Å². The number of amides is 1. The molecule has 9 heteroatoms. The zero-order chi connectivity index (χ0) is 21.1. The molecule has 7 nitrogen and oxygen atoms in total. The Morgan fingerprint density at radius 1 is 1.10 bits per heavy atom. The molecule has 0 saturated carbocycles. The van der Waals surface area contributed by atoms with Crippen LogP contribution in [0.2, 0.25) is 0 Å². The van der Waals surface area contributed by atoms with E-state index in [1.165, 1.54) is 24.5 Å². The maximum absolute atomic E-state index is 14.8. The average Bonchev–Trinajstić information content (AvgIpc) is 2.77. The lowest BCUT2D eigenvalue weighted by Crippen LogP contribution is -2.51. The van der Waals surface area contributed by atoms with Gasteiger partial charge < -0.3 is 9.64 Å². The van der Waals surface area contributed by atoms with E-state index in [0.717, 1.165) is 12.4 Å². The number of benzene rings is 1. The van der Waals surface area contributed by atoms with Crippen molar-refractivity contribution in [3.8, 4) is 17.4 Å². The summed E-state index contributed by atoms with van der Waals surface area (Å²) < 4.78 is 33.6. The molecule has 0 aliphatic carbocycles.